The molecule has 1 fully saturated rings. The summed E-state index contributed by atoms with van der Waals surface area (Å²) in [4.78, 5) is 34.1. The molecular formula is C17H18N4O3. The number of benzene rings is 1. The Labute approximate surface area is 139 Å². The Morgan fingerprint density at radius 3 is 2.71 bits per heavy atom. The minimum absolute atomic E-state index is 0.0151. The molecule has 1 aliphatic heterocycles. The number of hydrogen-bond donors (Lipinski definition) is 1. The van der Waals surface area contributed by atoms with Crippen LogP contribution in [-0.4, -0.2) is 47.4 Å². The second-order valence-electron chi connectivity index (χ2n) is 5.86. The summed E-state index contributed by atoms with van der Waals surface area (Å²) in [5.74, 6) is -0.0361. The number of hydrogen-bond acceptors (Lipinski definition) is 5. The Kier molecular flexibility index (Phi) is 3.92. The lowest BCUT2D eigenvalue weighted by atomic mass is 9.82. The quantitative estimate of drug-likeness (QED) is 0.893. The van der Waals surface area contributed by atoms with E-state index in [9.17, 15) is 9.59 Å². The zero-order chi connectivity index (χ0) is 17.3. The number of primary amides is 1. The predicted octanol–water partition coefficient (Wildman–Crippen LogP) is 0.737. The maximum atomic E-state index is 12.1. The topological polar surface area (TPSA) is 98.4 Å². The average Bonchev–Trinajstić information content (AvgIpc) is 2.91. The van der Waals surface area contributed by atoms with Gasteiger partial charge in [0.25, 0.3) is 0 Å². The molecule has 1 aromatic carbocycles. The molecule has 1 unspecified atom stereocenters. The number of para-hydroxylation sites is 1. The van der Waals surface area contributed by atoms with Crippen LogP contribution in [-0.2, 0) is 15.0 Å². The SMILES string of the molecule is COc1ccccc1-c1cc(C2(C(N)=O)CC(=O)N(C)C2)ncn1. The summed E-state index contributed by atoms with van der Waals surface area (Å²) in [6, 6.07) is 9.13. The number of carbonyl (C=O) groups is 2. The summed E-state index contributed by atoms with van der Waals surface area (Å²) in [5, 5.41) is 0. The molecule has 2 aromatic rings. The van der Waals surface area contributed by atoms with Crippen molar-refractivity contribution in [3.8, 4) is 17.0 Å². The predicted molar refractivity (Wildman–Crippen MR) is 87.1 cm³/mol. The van der Waals surface area contributed by atoms with Crippen LogP contribution in [0.4, 0.5) is 0 Å². The van der Waals surface area contributed by atoms with Gasteiger partial charge in [-0.3, -0.25) is 9.59 Å². The van der Waals surface area contributed by atoms with Crippen molar-refractivity contribution in [2.45, 2.75) is 11.8 Å². The van der Waals surface area contributed by atoms with E-state index in [-0.39, 0.29) is 18.9 Å². The van der Waals surface area contributed by atoms with Crippen LogP contribution in [0.15, 0.2) is 36.7 Å². The molecule has 0 spiro atoms. The fraction of sp³-hybridized carbons (Fsp3) is 0.294. The first kappa shape index (κ1) is 15.9. The second kappa shape index (κ2) is 5.92. The first-order chi connectivity index (χ1) is 11.5. The van der Waals surface area contributed by atoms with Crippen molar-refractivity contribution in [3.05, 3.63) is 42.4 Å². The molecule has 7 nitrogen and oxygen atoms in total. The maximum Gasteiger partial charge on any atom is 0.232 e. The number of nitrogens with two attached hydrogens (primary N) is 1. The van der Waals surface area contributed by atoms with Crippen molar-refractivity contribution in [1.82, 2.24) is 14.9 Å². The van der Waals surface area contributed by atoms with Crippen LogP contribution in [0.3, 0.4) is 0 Å². The first-order valence-corrected chi connectivity index (χ1v) is 7.48. The van der Waals surface area contributed by atoms with Gasteiger partial charge in [-0.05, 0) is 18.2 Å². The molecule has 1 saturated heterocycles. The normalized spacial score (nSPS) is 20.2. The van der Waals surface area contributed by atoms with Gasteiger partial charge in [-0.15, -0.1) is 0 Å². The molecule has 0 aliphatic carbocycles. The highest BCUT2D eigenvalue weighted by atomic mass is 16.5. The van der Waals surface area contributed by atoms with E-state index in [0.29, 0.717) is 17.1 Å². The number of ether oxygens (including phenoxy) is 1. The standard InChI is InChI=1S/C17H18N4O3/c1-21-9-17(16(18)23,8-15(21)22)14-7-12(19-10-20-14)11-5-3-4-6-13(11)24-2/h3-7,10H,8-9H2,1-2H3,(H2,18,23). The molecule has 1 atom stereocenters. The summed E-state index contributed by atoms with van der Waals surface area (Å²) in [7, 11) is 3.23. The van der Waals surface area contributed by atoms with Crippen LogP contribution in [0.5, 0.6) is 5.75 Å². The third-order valence-electron chi connectivity index (χ3n) is 4.40. The van der Waals surface area contributed by atoms with Crippen LogP contribution >= 0.6 is 0 Å². The van der Waals surface area contributed by atoms with Gasteiger partial charge >= 0.3 is 0 Å². The van der Waals surface area contributed by atoms with E-state index in [0.717, 1.165) is 5.56 Å². The summed E-state index contributed by atoms with van der Waals surface area (Å²) < 4.78 is 5.36. The zero-order valence-corrected chi connectivity index (χ0v) is 13.5. The number of likely N-dealkylation sites (N-methyl/N-ethyl adjacent to an activating group) is 1. The molecule has 7 heteroatoms. The summed E-state index contributed by atoms with van der Waals surface area (Å²) in [6.45, 7) is 0.212. The second-order valence-corrected chi connectivity index (χ2v) is 5.86. The Balaban J connectivity index is 2.10. The summed E-state index contributed by atoms with van der Waals surface area (Å²) in [6.07, 6.45) is 1.39. The van der Waals surface area contributed by atoms with Crippen molar-refractivity contribution in [1.29, 1.82) is 0 Å². The fourth-order valence-corrected chi connectivity index (χ4v) is 3.03. The monoisotopic (exact) mass is 326 g/mol. The zero-order valence-electron chi connectivity index (χ0n) is 13.5. The molecule has 0 saturated carbocycles. The van der Waals surface area contributed by atoms with E-state index in [1.54, 1.807) is 20.2 Å². The lowest BCUT2D eigenvalue weighted by Crippen LogP contribution is -2.44. The number of likely N-dealkylation sites (tertiary alicyclic amines) is 1. The first-order valence-electron chi connectivity index (χ1n) is 7.48. The van der Waals surface area contributed by atoms with Crippen LogP contribution in [0, 0.1) is 0 Å². The molecule has 3 rings (SSSR count). The number of amides is 2. The van der Waals surface area contributed by atoms with Crippen LogP contribution in [0.2, 0.25) is 0 Å². The van der Waals surface area contributed by atoms with Gasteiger partial charge in [-0.25, -0.2) is 9.97 Å². The number of aromatic nitrogens is 2. The number of methoxy groups -OCH3 is 1. The van der Waals surface area contributed by atoms with Gasteiger partial charge in [0, 0.05) is 25.6 Å². The van der Waals surface area contributed by atoms with E-state index < -0.39 is 11.3 Å². The van der Waals surface area contributed by atoms with E-state index in [2.05, 4.69) is 9.97 Å². The molecule has 2 heterocycles. The van der Waals surface area contributed by atoms with Gasteiger partial charge in [-0.1, -0.05) is 12.1 Å². The summed E-state index contributed by atoms with van der Waals surface area (Å²) >= 11 is 0. The van der Waals surface area contributed by atoms with Gasteiger partial charge in [0.05, 0.1) is 18.5 Å². The van der Waals surface area contributed by atoms with Gasteiger partial charge in [0.2, 0.25) is 11.8 Å². The summed E-state index contributed by atoms with van der Waals surface area (Å²) in [5.41, 5.74) is 6.34. The molecule has 2 amide bonds. The van der Waals surface area contributed by atoms with E-state index in [1.807, 2.05) is 24.3 Å². The minimum Gasteiger partial charge on any atom is -0.496 e. The smallest absolute Gasteiger partial charge is 0.232 e. The Bertz CT molecular complexity index is 808. The molecular weight excluding hydrogens is 308 g/mol. The molecule has 24 heavy (non-hydrogen) atoms. The Hall–Kier alpha value is -2.96. The van der Waals surface area contributed by atoms with Crippen molar-refractivity contribution in [2.75, 3.05) is 20.7 Å². The number of carbonyl (C=O) groups excluding carboxylic acids is 2. The minimum atomic E-state index is -1.13. The van der Waals surface area contributed by atoms with Gasteiger partial charge in [0.1, 0.15) is 17.5 Å². The van der Waals surface area contributed by atoms with Gasteiger partial charge in [0.15, 0.2) is 0 Å². The molecule has 0 bridgehead atoms. The molecule has 124 valence electrons. The fourth-order valence-electron chi connectivity index (χ4n) is 3.03. The molecule has 1 aliphatic rings. The molecule has 2 N–H and O–H groups in total. The average molecular weight is 326 g/mol. The van der Waals surface area contributed by atoms with Crippen molar-refractivity contribution < 1.29 is 14.3 Å². The van der Waals surface area contributed by atoms with Crippen molar-refractivity contribution in [3.63, 3.8) is 0 Å². The van der Waals surface area contributed by atoms with E-state index in [1.165, 1.54) is 11.2 Å². The molecule has 0 radical (unpaired) electrons. The molecule has 1 aromatic heterocycles. The Morgan fingerprint density at radius 2 is 2.08 bits per heavy atom. The maximum absolute atomic E-state index is 12.1. The van der Waals surface area contributed by atoms with Crippen LogP contribution < -0.4 is 10.5 Å². The van der Waals surface area contributed by atoms with Crippen LogP contribution in [0.25, 0.3) is 11.3 Å². The highest BCUT2D eigenvalue weighted by Crippen LogP contribution is 2.36. The highest BCUT2D eigenvalue weighted by molar-refractivity contribution is 5.96. The van der Waals surface area contributed by atoms with E-state index in [4.69, 9.17) is 10.5 Å². The van der Waals surface area contributed by atoms with E-state index >= 15 is 0 Å². The largest absolute Gasteiger partial charge is 0.496 e. The lowest BCUT2D eigenvalue weighted by Gasteiger charge is -2.24. The third-order valence-corrected chi connectivity index (χ3v) is 4.40. The third kappa shape index (κ3) is 2.47. The van der Waals surface area contributed by atoms with Crippen molar-refractivity contribution >= 4 is 11.8 Å². The number of rotatable bonds is 4. The van der Waals surface area contributed by atoms with Crippen molar-refractivity contribution in [2.24, 2.45) is 5.73 Å². The highest BCUT2D eigenvalue weighted by Gasteiger charge is 2.49. The number of nitrogens with zero attached hydrogens (tertiary/aromatic N) is 3. The lowest BCUT2D eigenvalue weighted by molar-refractivity contribution is -0.128. The van der Waals surface area contributed by atoms with Gasteiger partial charge < -0.3 is 15.4 Å². The van der Waals surface area contributed by atoms with Crippen LogP contribution in [0.1, 0.15) is 12.1 Å². The Morgan fingerprint density at radius 1 is 1.33 bits per heavy atom. The van der Waals surface area contributed by atoms with Gasteiger partial charge in [-0.2, -0.15) is 0 Å².